The van der Waals surface area contributed by atoms with Gasteiger partial charge >= 0.3 is 0 Å². The molecule has 0 unspecified atom stereocenters. The molecule has 9 heteroatoms. The monoisotopic (exact) mass is 382 g/mol. The van der Waals surface area contributed by atoms with Crippen LogP contribution in [0.1, 0.15) is 0 Å². The standard InChI is InChI=1S/C17H19FN2O5S/c1-20(2)26(22,23)16-10-13(6-9-15(16)24-3)19-17(21)11-25-14-7-4-12(18)5-8-14/h4-10H,11H2,1-3H3,(H,19,21). The number of halogens is 1. The maximum atomic E-state index is 12.8. The normalized spacial score (nSPS) is 11.3. The summed E-state index contributed by atoms with van der Waals surface area (Å²) in [5, 5.41) is 2.55. The number of anilines is 1. The fourth-order valence-electron chi connectivity index (χ4n) is 2.03. The summed E-state index contributed by atoms with van der Waals surface area (Å²) in [4.78, 5) is 11.9. The molecular formula is C17H19FN2O5S. The van der Waals surface area contributed by atoms with Crippen molar-refractivity contribution in [2.24, 2.45) is 0 Å². The van der Waals surface area contributed by atoms with Crippen LogP contribution >= 0.6 is 0 Å². The van der Waals surface area contributed by atoms with Crippen molar-refractivity contribution in [3.8, 4) is 11.5 Å². The van der Waals surface area contributed by atoms with E-state index in [1.165, 1.54) is 63.7 Å². The smallest absolute Gasteiger partial charge is 0.262 e. The minimum absolute atomic E-state index is 0.0674. The van der Waals surface area contributed by atoms with Gasteiger partial charge in [0.25, 0.3) is 5.91 Å². The number of benzene rings is 2. The summed E-state index contributed by atoms with van der Waals surface area (Å²) in [6.07, 6.45) is 0. The second kappa shape index (κ2) is 8.15. The van der Waals surface area contributed by atoms with E-state index in [1.54, 1.807) is 0 Å². The SMILES string of the molecule is COc1ccc(NC(=O)COc2ccc(F)cc2)cc1S(=O)(=O)N(C)C. The molecule has 0 spiro atoms. The third-order valence-electron chi connectivity index (χ3n) is 3.39. The van der Waals surface area contributed by atoms with Crippen molar-refractivity contribution in [2.45, 2.75) is 4.90 Å². The molecule has 0 saturated carbocycles. The van der Waals surface area contributed by atoms with Gasteiger partial charge in [-0.3, -0.25) is 4.79 Å². The molecule has 26 heavy (non-hydrogen) atoms. The Balaban J connectivity index is 2.11. The molecule has 0 heterocycles. The van der Waals surface area contributed by atoms with Crippen LogP contribution in [0.15, 0.2) is 47.4 Å². The van der Waals surface area contributed by atoms with Crippen LogP contribution in [0.2, 0.25) is 0 Å². The number of methoxy groups -OCH3 is 1. The summed E-state index contributed by atoms with van der Waals surface area (Å²) in [7, 11) is 0.412. The summed E-state index contributed by atoms with van der Waals surface area (Å²) in [6, 6.07) is 9.51. The minimum atomic E-state index is -3.75. The number of hydrogen-bond donors (Lipinski definition) is 1. The number of sulfonamides is 1. The van der Waals surface area contributed by atoms with Crippen LogP contribution in [-0.2, 0) is 14.8 Å². The molecule has 0 aliphatic carbocycles. The predicted octanol–water partition coefficient (Wildman–Crippen LogP) is 2.10. The Morgan fingerprint density at radius 3 is 2.38 bits per heavy atom. The molecule has 2 aromatic carbocycles. The number of hydrogen-bond acceptors (Lipinski definition) is 5. The van der Waals surface area contributed by atoms with Gasteiger partial charge in [0.1, 0.15) is 22.2 Å². The molecular weight excluding hydrogens is 363 g/mol. The lowest BCUT2D eigenvalue weighted by molar-refractivity contribution is -0.118. The number of carbonyl (C=O) groups excluding carboxylic acids is 1. The highest BCUT2D eigenvalue weighted by atomic mass is 32.2. The molecule has 0 bridgehead atoms. The molecule has 0 atom stereocenters. The van der Waals surface area contributed by atoms with Crippen LogP contribution in [-0.4, -0.2) is 46.4 Å². The zero-order valence-electron chi connectivity index (χ0n) is 14.5. The second-order valence-electron chi connectivity index (χ2n) is 5.44. The molecule has 0 aromatic heterocycles. The third-order valence-corrected chi connectivity index (χ3v) is 5.23. The molecule has 2 rings (SSSR count). The van der Waals surface area contributed by atoms with E-state index in [2.05, 4.69) is 5.32 Å². The Morgan fingerprint density at radius 2 is 1.81 bits per heavy atom. The lowest BCUT2D eigenvalue weighted by Gasteiger charge is -2.16. The number of nitrogens with one attached hydrogen (secondary N) is 1. The summed E-state index contributed by atoms with van der Waals surface area (Å²) in [6.45, 7) is -0.312. The van der Waals surface area contributed by atoms with Crippen molar-refractivity contribution < 1.29 is 27.1 Å². The van der Waals surface area contributed by atoms with Gasteiger partial charge in [-0.1, -0.05) is 0 Å². The number of nitrogens with zero attached hydrogens (tertiary/aromatic N) is 1. The lowest BCUT2D eigenvalue weighted by Crippen LogP contribution is -2.24. The summed E-state index contributed by atoms with van der Waals surface area (Å²) < 4.78 is 48.9. The summed E-state index contributed by atoms with van der Waals surface area (Å²) in [5.41, 5.74) is 0.277. The average molecular weight is 382 g/mol. The molecule has 0 aliphatic heterocycles. The van der Waals surface area contributed by atoms with Crippen molar-refractivity contribution in [1.29, 1.82) is 0 Å². The van der Waals surface area contributed by atoms with Gasteiger partial charge in [0.2, 0.25) is 10.0 Å². The number of rotatable bonds is 7. The molecule has 1 amide bonds. The molecule has 2 aromatic rings. The highest BCUT2D eigenvalue weighted by Gasteiger charge is 2.23. The zero-order valence-corrected chi connectivity index (χ0v) is 15.3. The minimum Gasteiger partial charge on any atom is -0.495 e. The van der Waals surface area contributed by atoms with Crippen molar-refractivity contribution in [1.82, 2.24) is 4.31 Å². The van der Waals surface area contributed by atoms with E-state index in [0.29, 0.717) is 5.75 Å². The first kappa shape index (κ1) is 19.7. The lowest BCUT2D eigenvalue weighted by atomic mass is 10.3. The quantitative estimate of drug-likeness (QED) is 0.793. The van der Waals surface area contributed by atoms with Crippen molar-refractivity contribution >= 4 is 21.6 Å². The maximum Gasteiger partial charge on any atom is 0.262 e. The van der Waals surface area contributed by atoms with Crippen LogP contribution in [0, 0.1) is 5.82 Å². The van der Waals surface area contributed by atoms with Crippen LogP contribution in [0.25, 0.3) is 0 Å². The first-order valence-corrected chi connectivity index (χ1v) is 8.97. The zero-order chi connectivity index (χ0) is 19.3. The Bertz CT molecular complexity index is 883. The fraction of sp³-hybridized carbons (Fsp3) is 0.235. The molecule has 0 radical (unpaired) electrons. The number of carbonyl (C=O) groups is 1. The van der Waals surface area contributed by atoms with Gasteiger partial charge in [0.05, 0.1) is 7.11 Å². The summed E-state index contributed by atoms with van der Waals surface area (Å²) in [5.74, 6) is -0.395. The van der Waals surface area contributed by atoms with E-state index in [9.17, 15) is 17.6 Å². The van der Waals surface area contributed by atoms with E-state index >= 15 is 0 Å². The van der Waals surface area contributed by atoms with E-state index in [4.69, 9.17) is 9.47 Å². The topological polar surface area (TPSA) is 84.9 Å². The predicted molar refractivity (Wildman–Crippen MR) is 94.4 cm³/mol. The molecule has 7 nitrogen and oxygen atoms in total. The first-order valence-electron chi connectivity index (χ1n) is 7.53. The molecule has 0 aliphatic rings. The first-order chi connectivity index (χ1) is 12.2. The van der Waals surface area contributed by atoms with Crippen molar-refractivity contribution in [3.63, 3.8) is 0 Å². The number of amides is 1. The van der Waals surface area contributed by atoms with Crippen LogP contribution in [0.5, 0.6) is 11.5 Å². The largest absolute Gasteiger partial charge is 0.495 e. The Hall–Kier alpha value is -2.65. The Labute approximate surface area is 151 Å². The van der Waals surface area contributed by atoms with Gasteiger partial charge in [-0.15, -0.1) is 0 Å². The maximum absolute atomic E-state index is 12.8. The van der Waals surface area contributed by atoms with Crippen LogP contribution in [0.4, 0.5) is 10.1 Å². The highest BCUT2D eigenvalue weighted by molar-refractivity contribution is 7.89. The fourth-order valence-corrected chi connectivity index (χ4v) is 3.10. The average Bonchev–Trinajstić information content (AvgIpc) is 2.61. The molecule has 0 saturated heterocycles. The Kier molecular flexibility index (Phi) is 6.17. The second-order valence-corrected chi connectivity index (χ2v) is 7.56. The van der Waals surface area contributed by atoms with Gasteiger partial charge < -0.3 is 14.8 Å². The van der Waals surface area contributed by atoms with Crippen molar-refractivity contribution in [2.75, 3.05) is 33.1 Å². The molecule has 0 fully saturated rings. The van der Waals surface area contributed by atoms with E-state index in [0.717, 1.165) is 4.31 Å². The van der Waals surface area contributed by atoms with Gasteiger partial charge in [0.15, 0.2) is 6.61 Å². The van der Waals surface area contributed by atoms with Crippen LogP contribution < -0.4 is 14.8 Å². The molecule has 140 valence electrons. The van der Waals surface area contributed by atoms with Crippen LogP contribution in [0.3, 0.4) is 0 Å². The van der Waals surface area contributed by atoms with E-state index in [-0.39, 0.29) is 22.9 Å². The van der Waals surface area contributed by atoms with E-state index < -0.39 is 21.7 Å². The third kappa shape index (κ3) is 4.70. The van der Waals surface area contributed by atoms with Gasteiger partial charge in [-0.2, -0.15) is 0 Å². The van der Waals surface area contributed by atoms with E-state index in [1.807, 2.05) is 0 Å². The van der Waals surface area contributed by atoms with Gasteiger partial charge in [-0.05, 0) is 42.5 Å². The number of ether oxygens (including phenoxy) is 2. The molecule has 1 N–H and O–H groups in total. The Morgan fingerprint density at radius 1 is 1.15 bits per heavy atom. The highest BCUT2D eigenvalue weighted by Crippen LogP contribution is 2.28. The van der Waals surface area contributed by atoms with Crippen molar-refractivity contribution in [3.05, 3.63) is 48.3 Å². The van der Waals surface area contributed by atoms with Gasteiger partial charge in [0, 0.05) is 19.8 Å². The van der Waals surface area contributed by atoms with Gasteiger partial charge in [-0.25, -0.2) is 17.1 Å². The summed E-state index contributed by atoms with van der Waals surface area (Å²) >= 11 is 0.